The third kappa shape index (κ3) is 3.80. The van der Waals surface area contributed by atoms with Crippen molar-refractivity contribution in [3.05, 3.63) is 83.8 Å². The summed E-state index contributed by atoms with van der Waals surface area (Å²) in [6, 6.07) is 16.1. The van der Waals surface area contributed by atoms with Gasteiger partial charge in [-0.3, -0.25) is 4.79 Å². The fourth-order valence-corrected chi connectivity index (χ4v) is 5.06. The summed E-state index contributed by atoms with van der Waals surface area (Å²) in [5, 5.41) is 7.93. The predicted molar refractivity (Wildman–Crippen MR) is 134 cm³/mol. The molecule has 0 bridgehead atoms. The fourth-order valence-electron chi connectivity index (χ4n) is 4.43. The van der Waals surface area contributed by atoms with Crippen LogP contribution in [0, 0.1) is 11.8 Å². The zero-order chi connectivity index (χ0) is 24.2. The van der Waals surface area contributed by atoms with Crippen LogP contribution in [-0.4, -0.2) is 30.5 Å². The number of hydrogen-bond donors (Lipinski definition) is 2. The molecule has 7 nitrogen and oxygen atoms in total. The second-order valence-corrected chi connectivity index (χ2v) is 10.9. The van der Waals surface area contributed by atoms with Crippen LogP contribution >= 0.6 is 0 Å². The Labute approximate surface area is 202 Å². The van der Waals surface area contributed by atoms with Crippen LogP contribution in [0.25, 0.3) is 10.8 Å². The van der Waals surface area contributed by atoms with Crippen LogP contribution in [0.2, 0.25) is 0 Å². The second-order valence-electron chi connectivity index (χ2n) is 8.92. The van der Waals surface area contributed by atoms with Gasteiger partial charge >= 0.3 is 0 Å². The van der Waals surface area contributed by atoms with E-state index < -0.39 is 9.84 Å². The lowest BCUT2D eigenvalue weighted by atomic mass is 9.97. The van der Waals surface area contributed by atoms with Crippen LogP contribution in [0.15, 0.2) is 71.9 Å². The molecule has 1 aliphatic carbocycles. The van der Waals surface area contributed by atoms with Gasteiger partial charge in [0.05, 0.1) is 10.3 Å². The molecule has 35 heavy (non-hydrogen) atoms. The molecule has 2 aromatic heterocycles. The standard InChI is InChI=1S/C27H20N4O3S/c1-35(33,34)20-6-4-19(5-7-20)30-25-15-21-18(16-29-25)10-13-28-23(21)9-3-17-2-8-22-24(14-17)31-26(32)27(22)11-12-27/h2,4-8,10,13-16H,11-12H2,1H3,(H,29,30)(H,31,32). The van der Waals surface area contributed by atoms with E-state index >= 15 is 0 Å². The first kappa shape index (κ1) is 21.3. The first-order valence-electron chi connectivity index (χ1n) is 11.1. The topological polar surface area (TPSA) is 101 Å². The Morgan fingerprint density at radius 1 is 1.00 bits per heavy atom. The van der Waals surface area contributed by atoms with E-state index in [0.29, 0.717) is 11.5 Å². The highest BCUT2D eigenvalue weighted by Crippen LogP contribution is 2.55. The first-order chi connectivity index (χ1) is 16.8. The average Bonchev–Trinajstić information content (AvgIpc) is 3.59. The number of hydrogen-bond acceptors (Lipinski definition) is 6. The largest absolute Gasteiger partial charge is 0.340 e. The van der Waals surface area contributed by atoms with Gasteiger partial charge in [-0.05, 0) is 72.9 Å². The van der Waals surface area contributed by atoms with Gasteiger partial charge in [0.15, 0.2) is 9.84 Å². The highest BCUT2D eigenvalue weighted by Gasteiger charge is 2.56. The smallest absolute Gasteiger partial charge is 0.235 e. The number of amides is 1. The second kappa shape index (κ2) is 7.65. The Bertz CT molecular complexity index is 1700. The molecule has 8 heteroatoms. The Hall–Kier alpha value is -4.22. The van der Waals surface area contributed by atoms with E-state index in [0.717, 1.165) is 46.1 Å². The minimum absolute atomic E-state index is 0.0896. The lowest BCUT2D eigenvalue weighted by Crippen LogP contribution is -2.18. The first-order valence-corrected chi connectivity index (χ1v) is 13.0. The van der Waals surface area contributed by atoms with Crippen molar-refractivity contribution in [3.63, 3.8) is 0 Å². The molecule has 0 unspecified atom stereocenters. The molecule has 1 fully saturated rings. The minimum atomic E-state index is -3.25. The molecule has 172 valence electrons. The van der Waals surface area contributed by atoms with Crippen molar-refractivity contribution in [2.75, 3.05) is 16.9 Å². The van der Waals surface area contributed by atoms with Gasteiger partial charge in [-0.2, -0.15) is 0 Å². The molecule has 2 N–H and O–H groups in total. The molecule has 0 atom stereocenters. The van der Waals surface area contributed by atoms with Crippen LogP contribution in [0.4, 0.5) is 17.2 Å². The lowest BCUT2D eigenvalue weighted by Gasteiger charge is -2.08. The Kier molecular flexibility index (Phi) is 4.66. The van der Waals surface area contributed by atoms with E-state index in [4.69, 9.17) is 0 Å². The van der Waals surface area contributed by atoms with Crippen LogP contribution < -0.4 is 10.6 Å². The number of aromatic nitrogens is 2. The zero-order valence-electron chi connectivity index (χ0n) is 18.8. The van der Waals surface area contributed by atoms with Gasteiger partial charge < -0.3 is 10.6 Å². The van der Waals surface area contributed by atoms with Gasteiger partial charge in [0.2, 0.25) is 5.91 Å². The van der Waals surface area contributed by atoms with Crippen LogP contribution in [0.3, 0.4) is 0 Å². The van der Waals surface area contributed by atoms with Crippen molar-refractivity contribution >= 4 is 43.7 Å². The highest BCUT2D eigenvalue weighted by atomic mass is 32.2. The number of fused-ring (bicyclic) bond motifs is 3. The Morgan fingerprint density at radius 3 is 2.54 bits per heavy atom. The van der Waals surface area contributed by atoms with Gasteiger partial charge in [-0.15, -0.1) is 0 Å². The summed E-state index contributed by atoms with van der Waals surface area (Å²) in [6.45, 7) is 0. The van der Waals surface area contributed by atoms with E-state index in [1.165, 1.54) is 6.26 Å². The summed E-state index contributed by atoms with van der Waals surface area (Å²) in [6.07, 6.45) is 6.44. The minimum Gasteiger partial charge on any atom is -0.340 e. The van der Waals surface area contributed by atoms with E-state index in [1.54, 1.807) is 36.7 Å². The lowest BCUT2D eigenvalue weighted by molar-refractivity contribution is -0.117. The summed E-state index contributed by atoms with van der Waals surface area (Å²) >= 11 is 0. The Morgan fingerprint density at radius 2 is 1.80 bits per heavy atom. The summed E-state index contributed by atoms with van der Waals surface area (Å²) in [4.78, 5) is 21.5. The van der Waals surface area contributed by atoms with Gasteiger partial charge in [-0.1, -0.05) is 12.0 Å². The molecular weight excluding hydrogens is 460 g/mol. The van der Waals surface area contributed by atoms with Gasteiger partial charge in [0, 0.05) is 46.4 Å². The number of rotatable bonds is 3. The summed E-state index contributed by atoms with van der Waals surface area (Å²) in [5.41, 5.74) is 3.75. The molecule has 2 aliphatic rings. The number of benzene rings is 2. The van der Waals surface area contributed by atoms with Gasteiger partial charge in [0.25, 0.3) is 0 Å². The molecule has 1 amide bonds. The molecule has 4 aromatic rings. The number of pyridine rings is 2. The van der Waals surface area contributed by atoms with Crippen LogP contribution in [0.5, 0.6) is 0 Å². The number of nitrogens with zero attached hydrogens (tertiary/aromatic N) is 2. The third-order valence-electron chi connectivity index (χ3n) is 6.50. The summed E-state index contributed by atoms with van der Waals surface area (Å²) < 4.78 is 23.4. The van der Waals surface area contributed by atoms with Crippen molar-refractivity contribution < 1.29 is 13.2 Å². The normalized spacial score (nSPS) is 15.3. The van der Waals surface area contributed by atoms with Crippen molar-refractivity contribution in [1.29, 1.82) is 0 Å². The summed E-state index contributed by atoms with van der Waals surface area (Å²) in [7, 11) is -3.25. The molecule has 6 rings (SSSR count). The van der Waals surface area contributed by atoms with Gasteiger partial charge in [-0.25, -0.2) is 18.4 Å². The van der Waals surface area contributed by atoms with E-state index in [9.17, 15) is 13.2 Å². The molecule has 0 radical (unpaired) electrons. The maximum Gasteiger partial charge on any atom is 0.235 e. The quantitative estimate of drug-likeness (QED) is 0.427. The number of carbonyl (C=O) groups is 1. The molecule has 0 saturated heterocycles. The zero-order valence-corrected chi connectivity index (χ0v) is 19.6. The number of nitrogens with one attached hydrogen (secondary N) is 2. The third-order valence-corrected chi connectivity index (χ3v) is 7.62. The van der Waals surface area contributed by atoms with Crippen LogP contribution in [0.1, 0.15) is 29.7 Å². The van der Waals surface area contributed by atoms with E-state index in [1.807, 2.05) is 30.3 Å². The highest BCUT2D eigenvalue weighted by molar-refractivity contribution is 7.90. The van der Waals surface area contributed by atoms with E-state index in [2.05, 4.69) is 32.4 Å². The van der Waals surface area contributed by atoms with E-state index in [-0.39, 0.29) is 16.2 Å². The molecule has 1 spiro atoms. The SMILES string of the molecule is CS(=O)(=O)c1ccc(Nc2cc3c(C#Cc4ccc5c(c4)NC(=O)C54CC4)nccc3cn2)cc1. The molecule has 2 aromatic carbocycles. The molecule has 1 aliphatic heterocycles. The Balaban J connectivity index is 1.30. The van der Waals surface area contributed by atoms with Crippen molar-refractivity contribution in [2.24, 2.45) is 0 Å². The van der Waals surface area contributed by atoms with Crippen molar-refractivity contribution in [1.82, 2.24) is 9.97 Å². The number of sulfone groups is 1. The number of anilines is 3. The maximum absolute atomic E-state index is 12.3. The fraction of sp³-hybridized carbons (Fsp3) is 0.148. The predicted octanol–water partition coefficient (Wildman–Crippen LogP) is 4.16. The van der Waals surface area contributed by atoms with Crippen LogP contribution in [-0.2, 0) is 20.0 Å². The average molecular weight is 481 g/mol. The van der Waals surface area contributed by atoms with Crippen molar-refractivity contribution in [2.45, 2.75) is 23.2 Å². The molecule has 3 heterocycles. The monoisotopic (exact) mass is 480 g/mol. The number of carbonyl (C=O) groups excluding carboxylic acids is 1. The summed E-state index contributed by atoms with van der Waals surface area (Å²) in [5.74, 6) is 7.02. The van der Waals surface area contributed by atoms with Crippen molar-refractivity contribution in [3.8, 4) is 11.8 Å². The maximum atomic E-state index is 12.3. The van der Waals surface area contributed by atoms with Gasteiger partial charge in [0.1, 0.15) is 11.5 Å². The molecular formula is C27H20N4O3S. The molecule has 1 saturated carbocycles.